The predicted octanol–water partition coefficient (Wildman–Crippen LogP) is 2.40. The van der Waals surface area contributed by atoms with Gasteiger partial charge in [-0.15, -0.1) is 0 Å². The van der Waals surface area contributed by atoms with Crippen LogP contribution in [-0.4, -0.2) is 66.9 Å². The molecule has 1 unspecified atom stereocenters. The van der Waals surface area contributed by atoms with Crippen LogP contribution in [0, 0.1) is 0 Å². The lowest BCUT2D eigenvalue weighted by Gasteiger charge is -2.34. The van der Waals surface area contributed by atoms with E-state index < -0.39 is 10.9 Å². The van der Waals surface area contributed by atoms with E-state index in [4.69, 9.17) is 18.5 Å². The Morgan fingerprint density at radius 3 is 2.78 bits per heavy atom. The number of rotatable bonds is 8. The molecular formula is C23H32N7O5S+. The molecule has 0 aliphatic carbocycles. The highest BCUT2D eigenvalue weighted by molar-refractivity contribution is 8.19. The number of carbonyl (C=O) groups is 1. The summed E-state index contributed by atoms with van der Waals surface area (Å²) >= 11 is 0. The Kier molecular flexibility index (Phi) is 8.06. The second-order valence-corrected chi connectivity index (χ2v) is 10.5. The van der Waals surface area contributed by atoms with Crippen LogP contribution in [-0.2, 0) is 29.1 Å². The Labute approximate surface area is 211 Å². The molecule has 12 nitrogen and oxygen atoms in total. The lowest BCUT2D eigenvalue weighted by Crippen LogP contribution is -2.44. The smallest absolute Gasteiger partial charge is 0.319 e. The molecule has 2 aromatic heterocycles. The van der Waals surface area contributed by atoms with Crippen molar-refractivity contribution >= 4 is 28.4 Å². The molecule has 2 atom stereocenters. The van der Waals surface area contributed by atoms with Crippen molar-refractivity contribution < 1.29 is 22.8 Å². The van der Waals surface area contributed by atoms with Crippen molar-refractivity contribution in [2.45, 2.75) is 26.1 Å². The average molecular weight is 519 g/mol. The fourth-order valence-corrected chi connectivity index (χ4v) is 4.05. The second-order valence-electron chi connectivity index (χ2n) is 8.63. The number of nitrogens with zero attached hydrogens (tertiary/aromatic N) is 5. The molecule has 1 fully saturated rings. The van der Waals surface area contributed by atoms with E-state index in [1.165, 1.54) is 6.26 Å². The summed E-state index contributed by atoms with van der Waals surface area (Å²) in [6.07, 6.45) is 4.87. The van der Waals surface area contributed by atoms with Gasteiger partial charge in [-0.25, -0.2) is 14.8 Å². The molecule has 13 heteroatoms. The van der Waals surface area contributed by atoms with E-state index in [1.54, 1.807) is 23.0 Å². The number of aromatic nitrogens is 4. The number of aryl methyl sites for hydroxylation is 1. The molecule has 5 N–H and O–H groups in total. The summed E-state index contributed by atoms with van der Waals surface area (Å²) in [5.41, 5.74) is 2.84. The monoisotopic (exact) mass is 518 g/mol. The van der Waals surface area contributed by atoms with E-state index in [0.717, 1.165) is 16.9 Å². The number of ether oxygens (including phenoxy) is 1. The van der Waals surface area contributed by atoms with Crippen LogP contribution in [0.1, 0.15) is 18.2 Å². The van der Waals surface area contributed by atoms with Crippen LogP contribution in [0.2, 0.25) is 0 Å². The van der Waals surface area contributed by atoms with Gasteiger partial charge in [-0.05, 0) is 31.2 Å². The van der Waals surface area contributed by atoms with Crippen molar-refractivity contribution in [3.8, 4) is 11.4 Å². The van der Waals surface area contributed by atoms with Crippen molar-refractivity contribution in [2.75, 3.05) is 36.2 Å². The number of hydrogen-bond donors (Lipinski definition) is 3. The van der Waals surface area contributed by atoms with Crippen LogP contribution in [0.25, 0.3) is 11.4 Å². The van der Waals surface area contributed by atoms with Gasteiger partial charge in [0.2, 0.25) is 10.9 Å². The number of carbonyl (C=O) groups excluding carboxylic acids is 1. The van der Waals surface area contributed by atoms with Gasteiger partial charge in [0, 0.05) is 49.2 Å². The zero-order valence-corrected chi connectivity index (χ0v) is 21.3. The Morgan fingerprint density at radius 1 is 1.33 bits per heavy atom. The van der Waals surface area contributed by atoms with Crippen LogP contribution in [0.15, 0.2) is 42.7 Å². The van der Waals surface area contributed by atoms with Gasteiger partial charge in [0.15, 0.2) is 5.82 Å². The first-order valence-electron chi connectivity index (χ1n) is 11.4. The topological polar surface area (TPSA) is 150 Å². The van der Waals surface area contributed by atoms with E-state index in [2.05, 4.69) is 32.5 Å². The quantitative estimate of drug-likeness (QED) is 0.385. The van der Waals surface area contributed by atoms with Gasteiger partial charge in [-0.1, -0.05) is 0 Å². The van der Waals surface area contributed by atoms with E-state index in [1.807, 2.05) is 31.4 Å². The second kappa shape index (κ2) is 11.2. The summed E-state index contributed by atoms with van der Waals surface area (Å²) in [5, 5.41) is 9.69. The molecule has 1 saturated heterocycles. The Bertz CT molecular complexity index is 1180. The number of benzene rings is 1. The third kappa shape index (κ3) is 7.15. The van der Waals surface area contributed by atoms with Gasteiger partial charge in [0.25, 0.3) is 0 Å². The fraction of sp³-hybridized carbons (Fsp3) is 0.391. The number of morpholine rings is 1. The van der Waals surface area contributed by atoms with Gasteiger partial charge in [-0.2, -0.15) is 5.10 Å². The molecule has 3 heterocycles. The molecule has 2 amide bonds. The van der Waals surface area contributed by atoms with E-state index in [9.17, 15) is 9.35 Å². The maximum absolute atomic E-state index is 12.3. The van der Waals surface area contributed by atoms with Gasteiger partial charge in [-0.3, -0.25) is 13.4 Å². The van der Waals surface area contributed by atoms with Gasteiger partial charge in [0.1, 0.15) is 12.4 Å². The molecule has 1 aliphatic rings. The minimum atomic E-state index is -2.88. The summed E-state index contributed by atoms with van der Waals surface area (Å²) in [5.74, 6) is 1.21. The highest BCUT2D eigenvalue weighted by Gasteiger charge is 2.23. The molecule has 194 valence electrons. The standard InChI is InChI=1S/C23H31N7O5S/c1-16-14-34-9-8-30(16)21-10-20(15-35-36(3,32)33)26-22(28-21)18-4-6-19(7-5-18)27-23(31)24-11-17-12-25-29(2)13-17/h4-7,10,12-13,16,32-33H,8-9,11,14-15H2,1-3H3,(H2,24,27,31)/p+1/t16-/m0/s1. The van der Waals surface area contributed by atoms with E-state index >= 15 is 0 Å². The van der Waals surface area contributed by atoms with Crippen molar-refractivity contribution in [3.63, 3.8) is 0 Å². The molecule has 3 aromatic rings. The molecule has 0 bridgehead atoms. The zero-order valence-electron chi connectivity index (χ0n) is 20.5. The van der Waals surface area contributed by atoms with Crippen molar-refractivity contribution in [1.82, 2.24) is 25.1 Å². The zero-order chi connectivity index (χ0) is 25.7. The van der Waals surface area contributed by atoms with Crippen LogP contribution >= 0.6 is 10.9 Å². The SMILES string of the molecule is C[C@H]1COCCN1c1cc(COS(C)(O)[OH2+])nc(-c2ccc(NC(=O)NCc3cnn(C)c3)cc2)n1. The molecule has 4 rings (SSSR count). The molecule has 1 aliphatic heterocycles. The predicted molar refractivity (Wildman–Crippen MR) is 139 cm³/mol. The summed E-state index contributed by atoms with van der Waals surface area (Å²) < 4.78 is 29.9. The number of amides is 2. The van der Waals surface area contributed by atoms with Gasteiger partial charge >= 0.3 is 6.03 Å². The van der Waals surface area contributed by atoms with Gasteiger partial charge in [0.05, 0.1) is 37.4 Å². The van der Waals surface area contributed by atoms with E-state index in [0.29, 0.717) is 43.5 Å². The van der Waals surface area contributed by atoms with Crippen LogP contribution in [0.5, 0.6) is 0 Å². The minimum absolute atomic E-state index is 0.0101. The minimum Gasteiger partial charge on any atom is -0.377 e. The fourth-order valence-electron chi connectivity index (χ4n) is 3.70. The van der Waals surface area contributed by atoms with Crippen molar-refractivity contribution in [3.05, 3.63) is 54.0 Å². The molecule has 36 heavy (non-hydrogen) atoms. The Balaban J connectivity index is 1.49. The highest BCUT2D eigenvalue weighted by atomic mass is 32.3. The first kappa shape index (κ1) is 25.9. The lowest BCUT2D eigenvalue weighted by atomic mass is 10.2. The highest BCUT2D eigenvalue weighted by Crippen LogP contribution is 2.36. The third-order valence-electron chi connectivity index (χ3n) is 5.48. The number of nitrogens with one attached hydrogen (secondary N) is 2. The summed E-state index contributed by atoms with van der Waals surface area (Å²) in [6, 6.07) is 8.85. The molecule has 0 spiro atoms. The molecule has 1 aromatic carbocycles. The largest absolute Gasteiger partial charge is 0.377 e. The number of urea groups is 1. The summed E-state index contributed by atoms with van der Waals surface area (Å²) in [4.78, 5) is 23.8. The molecular weight excluding hydrogens is 486 g/mol. The Hall–Kier alpha value is -3.23. The number of hydrogen-bond acceptors (Lipinski definition) is 8. The average Bonchev–Trinajstić information content (AvgIpc) is 3.27. The maximum atomic E-state index is 12.3. The van der Waals surface area contributed by atoms with Crippen molar-refractivity contribution in [1.29, 1.82) is 0 Å². The third-order valence-corrected chi connectivity index (χ3v) is 6.05. The van der Waals surface area contributed by atoms with Crippen LogP contribution in [0.4, 0.5) is 16.3 Å². The first-order valence-corrected chi connectivity index (χ1v) is 13.3. The van der Waals surface area contributed by atoms with Crippen LogP contribution < -0.4 is 15.5 Å². The van der Waals surface area contributed by atoms with Crippen molar-refractivity contribution in [2.24, 2.45) is 7.05 Å². The maximum Gasteiger partial charge on any atom is 0.319 e. The number of anilines is 2. The first-order chi connectivity index (χ1) is 17.2. The molecule has 0 radical (unpaired) electrons. The Morgan fingerprint density at radius 2 is 2.11 bits per heavy atom. The van der Waals surface area contributed by atoms with Crippen LogP contribution in [0.3, 0.4) is 0 Å². The van der Waals surface area contributed by atoms with Gasteiger partial charge < -0.3 is 24.8 Å². The summed E-state index contributed by atoms with van der Waals surface area (Å²) in [7, 11) is -1.06. The van der Waals surface area contributed by atoms with E-state index in [-0.39, 0.29) is 18.7 Å². The summed E-state index contributed by atoms with van der Waals surface area (Å²) in [6.45, 7) is 4.32. The normalized spacial score (nSPS) is 18.4. The molecule has 0 saturated carbocycles. The lowest BCUT2D eigenvalue weighted by molar-refractivity contribution is 0.0985.